The highest BCUT2D eigenvalue weighted by molar-refractivity contribution is 7.92. The van der Waals surface area contributed by atoms with Crippen molar-refractivity contribution in [3.63, 3.8) is 0 Å². The molecule has 5 nitrogen and oxygen atoms in total. The molecule has 3 rings (SSSR count). The van der Waals surface area contributed by atoms with Crippen LogP contribution in [-0.4, -0.2) is 27.9 Å². The van der Waals surface area contributed by atoms with Crippen molar-refractivity contribution in [2.24, 2.45) is 0 Å². The molecule has 6 heteroatoms. The van der Waals surface area contributed by atoms with Crippen molar-refractivity contribution >= 4 is 21.6 Å². The summed E-state index contributed by atoms with van der Waals surface area (Å²) < 4.78 is 27.0. The second-order valence-electron chi connectivity index (χ2n) is 6.59. The van der Waals surface area contributed by atoms with Crippen molar-refractivity contribution in [1.82, 2.24) is 5.32 Å². The molecule has 0 aromatic heterocycles. The quantitative estimate of drug-likeness (QED) is 0.772. The number of allylic oxidation sites excluding steroid dienone is 1. The Morgan fingerprint density at radius 2 is 1.74 bits per heavy atom. The van der Waals surface area contributed by atoms with E-state index >= 15 is 0 Å². The van der Waals surface area contributed by atoms with Crippen LogP contribution in [-0.2, 0) is 10.0 Å². The molecule has 27 heavy (non-hydrogen) atoms. The molecule has 1 aliphatic carbocycles. The minimum atomic E-state index is -3.74. The number of nitrogens with one attached hydrogen (secondary N) is 1. The number of carbonyl (C=O) groups excluding carboxylic acids is 1. The lowest BCUT2D eigenvalue weighted by molar-refractivity contribution is 0.0957. The van der Waals surface area contributed by atoms with Crippen molar-refractivity contribution in [1.29, 1.82) is 0 Å². The monoisotopic (exact) mass is 384 g/mol. The standard InChI is InChI=1S/C21H24N2O3S/c1-23(27(25,26)18-12-6-3-7-13-18)20-15-9-8-14-19(20)21(24)22-16-17-10-4-2-5-11-17/h3,6-10,12-15H,2,4-5,11,16H2,1H3,(H,22,24). The third kappa shape index (κ3) is 4.39. The maximum Gasteiger partial charge on any atom is 0.264 e. The Bertz CT molecular complexity index is 937. The lowest BCUT2D eigenvalue weighted by atomic mass is 9.99. The molecule has 2 aromatic carbocycles. The van der Waals surface area contributed by atoms with Crippen molar-refractivity contribution in [3.8, 4) is 0 Å². The number of hydrogen-bond donors (Lipinski definition) is 1. The third-order valence-corrected chi connectivity index (χ3v) is 6.54. The predicted octanol–water partition coefficient (Wildman–Crippen LogP) is 3.74. The van der Waals surface area contributed by atoms with Gasteiger partial charge in [-0.15, -0.1) is 0 Å². The summed E-state index contributed by atoms with van der Waals surface area (Å²) in [6, 6.07) is 15.0. The van der Waals surface area contributed by atoms with E-state index in [1.165, 1.54) is 19.0 Å². The van der Waals surface area contributed by atoms with Gasteiger partial charge in [-0.05, 0) is 49.9 Å². The van der Waals surface area contributed by atoms with Crippen LogP contribution in [0.3, 0.4) is 0 Å². The zero-order chi connectivity index (χ0) is 19.3. The zero-order valence-electron chi connectivity index (χ0n) is 15.4. The minimum absolute atomic E-state index is 0.190. The summed E-state index contributed by atoms with van der Waals surface area (Å²) in [6.07, 6.45) is 6.59. The van der Waals surface area contributed by atoms with Crippen molar-refractivity contribution in [2.45, 2.75) is 30.6 Å². The number of hydrogen-bond acceptors (Lipinski definition) is 3. The average molecular weight is 385 g/mol. The van der Waals surface area contributed by atoms with Gasteiger partial charge in [0.1, 0.15) is 0 Å². The smallest absolute Gasteiger partial charge is 0.264 e. The first-order valence-corrected chi connectivity index (χ1v) is 10.5. The van der Waals surface area contributed by atoms with Gasteiger partial charge in [0, 0.05) is 13.6 Å². The van der Waals surface area contributed by atoms with Crippen molar-refractivity contribution in [3.05, 3.63) is 71.8 Å². The summed E-state index contributed by atoms with van der Waals surface area (Å²) >= 11 is 0. The number of para-hydroxylation sites is 1. The molecular formula is C21H24N2O3S. The van der Waals surface area contributed by atoms with E-state index < -0.39 is 10.0 Å². The minimum Gasteiger partial charge on any atom is -0.348 e. The van der Waals surface area contributed by atoms with Crippen molar-refractivity contribution < 1.29 is 13.2 Å². The Morgan fingerprint density at radius 3 is 2.44 bits per heavy atom. The fourth-order valence-electron chi connectivity index (χ4n) is 3.17. The highest BCUT2D eigenvalue weighted by Crippen LogP contribution is 2.25. The van der Waals surface area contributed by atoms with E-state index in [9.17, 15) is 13.2 Å². The summed E-state index contributed by atoms with van der Waals surface area (Å²) in [5, 5.41) is 2.93. The van der Waals surface area contributed by atoms with Crippen LogP contribution in [0.15, 0.2) is 71.1 Å². The van der Waals surface area contributed by atoms with Gasteiger partial charge in [-0.25, -0.2) is 8.42 Å². The molecule has 1 amide bonds. The summed E-state index contributed by atoms with van der Waals surface area (Å²) in [7, 11) is -2.27. The number of rotatable bonds is 6. The van der Waals surface area contributed by atoms with Gasteiger partial charge in [0.2, 0.25) is 0 Å². The molecule has 0 bridgehead atoms. The van der Waals surface area contributed by atoms with Gasteiger partial charge in [0.15, 0.2) is 0 Å². The van der Waals surface area contributed by atoms with E-state index in [1.807, 2.05) is 0 Å². The van der Waals surface area contributed by atoms with Gasteiger partial charge in [-0.2, -0.15) is 0 Å². The van der Waals surface area contributed by atoms with Crippen LogP contribution in [0.5, 0.6) is 0 Å². The average Bonchev–Trinajstić information content (AvgIpc) is 2.73. The molecule has 0 heterocycles. The van der Waals surface area contributed by atoms with Crippen LogP contribution in [0.2, 0.25) is 0 Å². The number of nitrogens with zero attached hydrogens (tertiary/aromatic N) is 1. The lowest BCUT2D eigenvalue weighted by Gasteiger charge is -2.22. The van der Waals surface area contributed by atoms with Gasteiger partial charge in [-0.3, -0.25) is 9.10 Å². The maximum atomic E-state index is 12.9. The van der Waals surface area contributed by atoms with E-state index in [0.29, 0.717) is 17.8 Å². The summed E-state index contributed by atoms with van der Waals surface area (Å²) in [6.45, 7) is 0.502. The molecule has 1 aliphatic rings. The number of sulfonamides is 1. The summed E-state index contributed by atoms with van der Waals surface area (Å²) in [5.41, 5.74) is 1.93. The van der Waals surface area contributed by atoms with E-state index in [1.54, 1.807) is 54.6 Å². The van der Waals surface area contributed by atoms with E-state index in [-0.39, 0.29) is 10.8 Å². The molecule has 2 aromatic rings. The Hall–Kier alpha value is -2.60. The molecule has 1 N–H and O–H groups in total. The van der Waals surface area contributed by atoms with Crippen LogP contribution in [0.25, 0.3) is 0 Å². The number of amides is 1. The zero-order valence-corrected chi connectivity index (χ0v) is 16.2. The summed E-state index contributed by atoms with van der Waals surface area (Å²) in [4.78, 5) is 12.9. The van der Waals surface area contributed by atoms with Gasteiger partial charge in [0.25, 0.3) is 15.9 Å². The van der Waals surface area contributed by atoms with Crippen LogP contribution in [0.4, 0.5) is 5.69 Å². The first-order valence-electron chi connectivity index (χ1n) is 9.09. The molecule has 0 radical (unpaired) electrons. The second-order valence-corrected chi connectivity index (χ2v) is 8.56. The van der Waals surface area contributed by atoms with Gasteiger partial charge in [0.05, 0.1) is 16.1 Å². The fourth-order valence-corrected chi connectivity index (χ4v) is 4.41. The number of anilines is 1. The molecule has 0 fully saturated rings. The largest absolute Gasteiger partial charge is 0.348 e. The molecular weight excluding hydrogens is 360 g/mol. The van der Waals surface area contributed by atoms with E-state index in [4.69, 9.17) is 0 Å². The third-order valence-electron chi connectivity index (χ3n) is 4.75. The van der Waals surface area contributed by atoms with E-state index in [2.05, 4.69) is 11.4 Å². The SMILES string of the molecule is CN(c1ccccc1C(=O)NCC1=CCCCC1)S(=O)(=O)c1ccccc1. The summed E-state index contributed by atoms with van der Waals surface area (Å²) in [5.74, 6) is -0.271. The Kier molecular flexibility index (Phi) is 5.96. The predicted molar refractivity (Wildman–Crippen MR) is 107 cm³/mol. The molecule has 0 unspecified atom stereocenters. The van der Waals surface area contributed by atoms with E-state index in [0.717, 1.165) is 23.6 Å². The fraction of sp³-hybridized carbons (Fsp3) is 0.286. The first kappa shape index (κ1) is 19.2. The highest BCUT2D eigenvalue weighted by atomic mass is 32.2. The molecule has 0 aliphatic heterocycles. The lowest BCUT2D eigenvalue weighted by Crippen LogP contribution is -2.31. The molecule has 142 valence electrons. The first-order chi connectivity index (χ1) is 13.0. The topological polar surface area (TPSA) is 66.5 Å². The van der Waals surface area contributed by atoms with Crippen LogP contribution < -0.4 is 9.62 Å². The highest BCUT2D eigenvalue weighted by Gasteiger charge is 2.24. The van der Waals surface area contributed by atoms with Crippen molar-refractivity contribution in [2.75, 3.05) is 17.9 Å². The van der Waals surface area contributed by atoms with Crippen LogP contribution >= 0.6 is 0 Å². The second kappa shape index (κ2) is 8.39. The van der Waals surface area contributed by atoms with Crippen LogP contribution in [0.1, 0.15) is 36.0 Å². The maximum absolute atomic E-state index is 12.9. The van der Waals surface area contributed by atoms with Crippen LogP contribution in [0, 0.1) is 0 Å². The molecule has 0 saturated carbocycles. The molecule has 0 spiro atoms. The Morgan fingerprint density at radius 1 is 1.04 bits per heavy atom. The molecule has 0 saturated heterocycles. The molecule has 0 atom stereocenters. The number of carbonyl (C=O) groups is 1. The van der Waals surface area contributed by atoms with Gasteiger partial charge >= 0.3 is 0 Å². The van der Waals surface area contributed by atoms with Gasteiger partial charge < -0.3 is 5.32 Å². The normalized spacial score (nSPS) is 14.3. The van der Waals surface area contributed by atoms with Gasteiger partial charge in [-0.1, -0.05) is 42.0 Å². The Labute approximate surface area is 160 Å². The Balaban J connectivity index is 1.83. The number of benzene rings is 2.